The van der Waals surface area contributed by atoms with Crippen LogP contribution in [0.3, 0.4) is 0 Å². The molecule has 0 aliphatic heterocycles. The van der Waals surface area contributed by atoms with Gasteiger partial charge in [-0.05, 0) is 32.9 Å². The van der Waals surface area contributed by atoms with Gasteiger partial charge in [-0.15, -0.1) is 0 Å². The number of rotatable bonds is 6. The first-order chi connectivity index (χ1) is 14.2. The number of nitrogens with one attached hydrogen (secondary N) is 1. The van der Waals surface area contributed by atoms with E-state index in [1.165, 1.54) is 11.7 Å². The molecule has 3 aromatic rings. The summed E-state index contributed by atoms with van der Waals surface area (Å²) in [4.78, 5) is 42.1. The summed E-state index contributed by atoms with van der Waals surface area (Å²) in [6.45, 7) is 5.11. The van der Waals surface area contributed by atoms with Gasteiger partial charge in [0, 0.05) is 7.05 Å². The molecule has 0 aliphatic carbocycles. The van der Waals surface area contributed by atoms with Crippen molar-refractivity contribution in [2.45, 2.75) is 37.7 Å². The number of carbonyl (C=O) groups is 2. The van der Waals surface area contributed by atoms with E-state index in [2.05, 4.69) is 15.4 Å². The molecule has 1 unspecified atom stereocenters. The Morgan fingerprint density at radius 3 is 2.60 bits per heavy atom. The molecule has 2 aromatic heterocycles. The van der Waals surface area contributed by atoms with E-state index >= 15 is 0 Å². The van der Waals surface area contributed by atoms with Crippen LogP contribution >= 0.6 is 11.8 Å². The Balaban J connectivity index is 1.93. The van der Waals surface area contributed by atoms with Gasteiger partial charge >= 0.3 is 5.97 Å². The molecule has 1 atom stereocenters. The van der Waals surface area contributed by atoms with Crippen molar-refractivity contribution in [3.63, 3.8) is 0 Å². The maximum absolute atomic E-state index is 12.9. The van der Waals surface area contributed by atoms with E-state index < -0.39 is 11.2 Å². The SMILES string of the molecule is COC(=O)Cn1c(SC(C)C(=O)Nc2c(C)nn(C)c2C)nc2ccccc2c1=O. The highest BCUT2D eigenvalue weighted by atomic mass is 32.2. The molecular weight excluding hydrogens is 406 g/mol. The number of amides is 1. The van der Waals surface area contributed by atoms with Crippen molar-refractivity contribution in [3.8, 4) is 0 Å². The summed E-state index contributed by atoms with van der Waals surface area (Å²) in [5.41, 5.74) is 2.35. The Morgan fingerprint density at radius 2 is 1.97 bits per heavy atom. The molecule has 10 heteroatoms. The first-order valence-corrected chi connectivity index (χ1v) is 10.1. The number of fused-ring (bicyclic) bond motifs is 1. The minimum Gasteiger partial charge on any atom is -0.468 e. The van der Waals surface area contributed by atoms with E-state index in [0.717, 1.165) is 17.5 Å². The average molecular weight is 430 g/mol. The third-order valence-corrected chi connectivity index (χ3v) is 5.84. The van der Waals surface area contributed by atoms with E-state index in [0.29, 0.717) is 22.3 Å². The molecule has 30 heavy (non-hydrogen) atoms. The van der Waals surface area contributed by atoms with Crippen LogP contribution in [-0.4, -0.2) is 43.6 Å². The summed E-state index contributed by atoms with van der Waals surface area (Å²) < 4.78 is 7.65. The lowest BCUT2D eigenvalue weighted by Gasteiger charge is -2.16. The van der Waals surface area contributed by atoms with Crippen LogP contribution in [0.1, 0.15) is 18.3 Å². The number of anilines is 1. The molecule has 1 N–H and O–H groups in total. The fourth-order valence-electron chi connectivity index (χ4n) is 2.96. The fourth-order valence-corrected chi connectivity index (χ4v) is 3.87. The van der Waals surface area contributed by atoms with Crippen LogP contribution < -0.4 is 10.9 Å². The minimum absolute atomic E-state index is 0.258. The lowest BCUT2D eigenvalue weighted by Crippen LogP contribution is -2.29. The van der Waals surface area contributed by atoms with Gasteiger partial charge in [-0.25, -0.2) is 4.98 Å². The Kier molecular flexibility index (Phi) is 6.25. The summed E-state index contributed by atoms with van der Waals surface area (Å²) in [6, 6.07) is 6.88. The summed E-state index contributed by atoms with van der Waals surface area (Å²) in [5.74, 6) is -0.832. The van der Waals surface area contributed by atoms with E-state index in [1.54, 1.807) is 42.9 Å². The number of aryl methyl sites for hydroxylation is 2. The molecule has 0 fully saturated rings. The van der Waals surface area contributed by atoms with Crippen molar-refractivity contribution in [2.75, 3.05) is 12.4 Å². The van der Waals surface area contributed by atoms with Crippen LogP contribution in [0.15, 0.2) is 34.2 Å². The predicted molar refractivity (Wildman–Crippen MR) is 115 cm³/mol. The maximum atomic E-state index is 12.9. The average Bonchev–Trinajstić information content (AvgIpc) is 2.96. The number of methoxy groups -OCH3 is 1. The second-order valence-electron chi connectivity index (χ2n) is 6.80. The molecule has 0 spiro atoms. The van der Waals surface area contributed by atoms with Crippen molar-refractivity contribution >= 4 is 40.2 Å². The summed E-state index contributed by atoms with van der Waals surface area (Å²) in [7, 11) is 3.06. The first-order valence-electron chi connectivity index (χ1n) is 9.27. The predicted octanol–water partition coefficient (Wildman–Crippen LogP) is 2.04. The van der Waals surface area contributed by atoms with E-state index in [4.69, 9.17) is 4.74 Å². The van der Waals surface area contributed by atoms with Crippen LogP contribution in [0.4, 0.5) is 5.69 Å². The molecule has 0 radical (unpaired) electrons. The highest BCUT2D eigenvalue weighted by Gasteiger charge is 2.22. The van der Waals surface area contributed by atoms with Crippen molar-refractivity contribution in [3.05, 3.63) is 46.0 Å². The number of hydrogen-bond donors (Lipinski definition) is 1. The van der Waals surface area contributed by atoms with Gasteiger partial charge in [-0.1, -0.05) is 23.9 Å². The molecule has 1 amide bonds. The minimum atomic E-state index is -0.582. The summed E-state index contributed by atoms with van der Waals surface area (Å²) in [6.07, 6.45) is 0. The standard InChI is InChI=1S/C20H23N5O4S/c1-11-17(12(2)24(4)23-11)22-18(27)13(3)30-20-21-15-9-7-6-8-14(15)19(28)25(20)10-16(26)29-5/h6-9,13H,10H2,1-5H3,(H,22,27). The normalized spacial score (nSPS) is 12.0. The Hall–Kier alpha value is -3.14. The molecule has 1 aromatic carbocycles. The van der Waals surface area contributed by atoms with Gasteiger partial charge in [0.2, 0.25) is 5.91 Å². The Labute approximate surface area is 177 Å². The van der Waals surface area contributed by atoms with Crippen LogP contribution in [0.2, 0.25) is 0 Å². The van der Waals surface area contributed by atoms with E-state index in [1.807, 2.05) is 13.8 Å². The molecule has 0 saturated carbocycles. The van der Waals surface area contributed by atoms with Crippen molar-refractivity contribution in [2.24, 2.45) is 7.05 Å². The largest absolute Gasteiger partial charge is 0.468 e. The van der Waals surface area contributed by atoms with Gasteiger partial charge in [0.15, 0.2) is 5.16 Å². The number of thioether (sulfide) groups is 1. The topological polar surface area (TPSA) is 108 Å². The third-order valence-electron chi connectivity index (χ3n) is 4.75. The summed E-state index contributed by atoms with van der Waals surface area (Å²) >= 11 is 1.10. The Bertz CT molecular complexity index is 1180. The van der Waals surface area contributed by atoms with E-state index in [-0.39, 0.29) is 23.2 Å². The lowest BCUT2D eigenvalue weighted by molar-refractivity contribution is -0.141. The van der Waals surface area contributed by atoms with Crippen molar-refractivity contribution in [1.29, 1.82) is 0 Å². The van der Waals surface area contributed by atoms with Crippen LogP contribution in [0.5, 0.6) is 0 Å². The maximum Gasteiger partial charge on any atom is 0.325 e. The second kappa shape index (κ2) is 8.70. The highest BCUT2D eigenvalue weighted by molar-refractivity contribution is 8.00. The number of hydrogen-bond acceptors (Lipinski definition) is 7. The number of carbonyl (C=O) groups excluding carboxylic acids is 2. The number of esters is 1. The quantitative estimate of drug-likeness (QED) is 0.363. The molecule has 3 rings (SSSR count). The molecule has 2 heterocycles. The van der Waals surface area contributed by atoms with Gasteiger partial charge in [0.1, 0.15) is 6.54 Å². The summed E-state index contributed by atoms with van der Waals surface area (Å²) in [5, 5.41) is 7.27. The van der Waals surface area contributed by atoms with E-state index in [9.17, 15) is 14.4 Å². The van der Waals surface area contributed by atoms with Crippen LogP contribution in [-0.2, 0) is 27.9 Å². The second-order valence-corrected chi connectivity index (χ2v) is 8.11. The molecular formula is C20H23N5O4S. The molecule has 0 bridgehead atoms. The number of ether oxygens (including phenoxy) is 1. The van der Waals surface area contributed by atoms with Gasteiger partial charge in [-0.3, -0.25) is 23.6 Å². The van der Waals surface area contributed by atoms with Crippen LogP contribution in [0, 0.1) is 13.8 Å². The Morgan fingerprint density at radius 1 is 1.27 bits per heavy atom. The smallest absolute Gasteiger partial charge is 0.325 e. The fraction of sp³-hybridized carbons (Fsp3) is 0.350. The number of aromatic nitrogens is 4. The third kappa shape index (κ3) is 4.23. The molecule has 9 nitrogen and oxygen atoms in total. The van der Waals surface area contributed by atoms with Gasteiger partial charge < -0.3 is 10.1 Å². The van der Waals surface area contributed by atoms with Gasteiger partial charge in [0.05, 0.1) is 40.3 Å². The zero-order valence-electron chi connectivity index (χ0n) is 17.4. The number of para-hydroxylation sites is 1. The monoisotopic (exact) mass is 429 g/mol. The number of nitrogens with zero attached hydrogens (tertiary/aromatic N) is 4. The lowest BCUT2D eigenvalue weighted by atomic mass is 10.2. The first kappa shape index (κ1) is 21.6. The zero-order chi connectivity index (χ0) is 22.0. The van der Waals surface area contributed by atoms with Crippen molar-refractivity contribution in [1.82, 2.24) is 19.3 Å². The van der Waals surface area contributed by atoms with Gasteiger partial charge in [0.25, 0.3) is 5.56 Å². The highest BCUT2D eigenvalue weighted by Crippen LogP contribution is 2.25. The molecule has 0 aliphatic rings. The molecule has 0 saturated heterocycles. The zero-order valence-corrected chi connectivity index (χ0v) is 18.2. The van der Waals surface area contributed by atoms with Crippen molar-refractivity contribution < 1.29 is 14.3 Å². The van der Waals surface area contributed by atoms with Gasteiger partial charge in [-0.2, -0.15) is 5.10 Å². The molecule has 158 valence electrons. The van der Waals surface area contributed by atoms with Crippen LogP contribution in [0.25, 0.3) is 10.9 Å². The number of benzene rings is 1.